The number of nitrogens with zero attached hydrogens (tertiary/aromatic N) is 2. The molecular weight excluding hydrogens is 198 g/mol. The molecule has 3 heteroatoms. The molecule has 1 atom stereocenters. The summed E-state index contributed by atoms with van der Waals surface area (Å²) in [6.45, 7) is 9.26. The van der Waals surface area contributed by atoms with Crippen LogP contribution in [0.1, 0.15) is 33.1 Å². The van der Waals surface area contributed by atoms with Crippen LogP contribution < -0.4 is 5.32 Å². The van der Waals surface area contributed by atoms with Gasteiger partial charge < -0.3 is 15.1 Å². The van der Waals surface area contributed by atoms with Gasteiger partial charge in [0.15, 0.2) is 0 Å². The van der Waals surface area contributed by atoms with E-state index in [9.17, 15) is 0 Å². The zero-order valence-electron chi connectivity index (χ0n) is 11.9. The van der Waals surface area contributed by atoms with Gasteiger partial charge in [0, 0.05) is 25.7 Å². The maximum atomic E-state index is 3.42. The van der Waals surface area contributed by atoms with E-state index in [0.717, 1.165) is 6.54 Å². The maximum Gasteiger partial charge on any atom is 0.0191 e. The van der Waals surface area contributed by atoms with Gasteiger partial charge in [-0.3, -0.25) is 0 Å². The summed E-state index contributed by atoms with van der Waals surface area (Å²) in [5.41, 5.74) is 0. The second kappa shape index (κ2) is 10.1. The fraction of sp³-hybridized carbons (Fsp3) is 1.00. The topological polar surface area (TPSA) is 18.5 Å². The monoisotopic (exact) mass is 229 g/mol. The smallest absolute Gasteiger partial charge is 0.0191 e. The highest BCUT2D eigenvalue weighted by Gasteiger charge is 2.11. The summed E-state index contributed by atoms with van der Waals surface area (Å²) in [5.74, 6) is 0. The third kappa shape index (κ3) is 8.08. The van der Waals surface area contributed by atoms with Crippen LogP contribution in [-0.2, 0) is 0 Å². The Morgan fingerprint density at radius 3 is 2.12 bits per heavy atom. The van der Waals surface area contributed by atoms with Gasteiger partial charge in [-0.1, -0.05) is 20.3 Å². The van der Waals surface area contributed by atoms with Crippen LogP contribution in [0.2, 0.25) is 0 Å². The van der Waals surface area contributed by atoms with Crippen LogP contribution in [0.4, 0.5) is 0 Å². The molecule has 0 radical (unpaired) electrons. The van der Waals surface area contributed by atoms with Crippen LogP contribution in [0.25, 0.3) is 0 Å². The number of rotatable bonds is 10. The molecule has 0 saturated heterocycles. The summed E-state index contributed by atoms with van der Waals surface area (Å²) >= 11 is 0. The van der Waals surface area contributed by atoms with Gasteiger partial charge in [-0.15, -0.1) is 0 Å². The van der Waals surface area contributed by atoms with Crippen LogP contribution in [0.15, 0.2) is 0 Å². The van der Waals surface area contributed by atoms with Gasteiger partial charge in [0.1, 0.15) is 0 Å². The zero-order chi connectivity index (χ0) is 12.4. The van der Waals surface area contributed by atoms with Crippen LogP contribution in [-0.4, -0.2) is 63.2 Å². The van der Waals surface area contributed by atoms with E-state index < -0.39 is 0 Å². The van der Waals surface area contributed by atoms with Gasteiger partial charge in [0.25, 0.3) is 0 Å². The van der Waals surface area contributed by atoms with Crippen molar-refractivity contribution in [3.05, 3.63) is 0 Å². The molecule has 3 nitrogen and oxygen atoms in total. The summed E-state index contributed by atoms with van der Waals surface area (Å²) in [6, 6.07) is 0.652. The average Bonchev–Trinajstić information content (AvgIpc) is 2.25. The third-order valence-electron chi connectivity index (χ3n) is 2.93. The van der Waals surface area contributed by atoms with Crippen molar-refractivity contribution in [2.45, 2.75) is 39.2 Å². The molecule has 98 valence electrons. The van der Waals surface area contributed by atoms with Crippen molar-refractivity contribution in [3.8, 4) is 0 Å². The van der Waals surface area contributed by atoms with Crippen LogP contribution in [0, 0.1) is 0 Å². The van der Waals surface area contributed by atoms with Crippen molar-refractivity contribution in [1.82, 2.24) is 15.1 Å². The standard InChI is InChI=1S/C13H31N3/c1-6-8-13(14-3)12-16(9-7-2)11-10-15(4)5/h13-14H,6-12H2,1-5H3. The van der Waals surface area contributed by atoms with Gasteiger partial charge in [0.05, 0.1) is 0 Å². The molecule has 0 aliphatic rings. The summed E-state index contributed by atoms with van der Waals surface area (Å²) in [4.78, 5) is 4.84. The number of likely N-dealkylation sites (N-methyl/N-ethyl adjacent to an activating group) is 2. The highest BCUT2D eigenvalue weighted by Crippen LogP contribution is 2.01. The van der Waals surface area contributed by atoms with Gasteiger partial charge in [-0.2, -0.15) is 0 Å². The lowest BCUT2D eigenvalue weighted by atomic mass is 10.1. The van der Waals surface area contributed by atoms with E-state index in [-0.39, 0.29) is 0 Å². The quantitative estimate of drug-likeness (QED) is 0.614. The minimum atomic E-state index is 0.652. The Kier molecular flexibility index (Phi) is 9.99. The molecule has 0 aliphatic heterocycles. The van der Waals surface area contributed by atoms with Crippen molar-refractivity contribution < 1.29 is 0 Å². The fourth-order valence-corrected chi connectivity index (χ4v) is 1.94. The van der Waals surface area contributed by atoms with Crippen molar-refractivity contribution in [2.75, 3.05) is 47.3 Å². The van der Waals surface area contributed by atoms with Gasteiger partial charge in [-0.05, 0) is 40.5 Å². The second-order valence-electron chi connectivity index (χ2n) is 4.88. The third-order valence-corrected chi connectivity index (χ3v) is 2.93. The Hall–Kier alpha value is -0.120. The molecule has 0 aromatic heterocycles. The first-order chi connectivity index (χ1) is 7.63. The molecule has 0 heterocycles. The van der Waals surface area contributed by atoms with Crippen LogP contribution >= 0.6 is 0 Å². The molecule has 0 fully saturated rings. The van der Waals surface area contributed by atoms with E-state index in [2.05, 4.69) is 50.1 Å². The van der Waals surface area contributed by atoms with Gasteiger partial charge in [-0.25, -0.2) is 0 Å². The summed E-state index contributed by atoms with van der Waals surface area (Å²) in [6.07, 6.45) is 3.79. The van der Waals surface area contributed by atoms with Gasteiger partial charge in [0.2, 0.25) is 0 Å². The lowest BCUT2D eigenvalue weighted by Gasteiger charge is -2.28. The van der Waals surface area contributed by atoms with Crippen molar-refractivity contribution >= 4 is 0 Å². The van der Waals surface area contributed by atoms with E-state index in [1.165, 1.54) is 38.9 Å². The van der Waals surface area contributed by atoms with Crippen molar-refractivity contribution in [1.29, 1.82) is 0 Å². The van der Waals surface area contributed by atoms with E-state index >= 15 is 0 Å². The minimum absolute atomic E-state index is 0.652. The van der Waals surface area contributed by atoms with E-state index in [1.54, 1.807) is 0 Å². The highest BCUT2D eigenvalue weighted by atomic mass is 15.2. The predicted molar refractivity (Wildman–Crippen MR) is 73.0 cm³/mol. The molecule has 0 aromatic rings. The Bertz CT molecular complexity index is 148. The lowest BCUT2D eigenvalue weighted by Crippen LogP contribution is -2.42. The van der Waals surface area contributed by atoms with E-state index in [0.29, 0.717) is 6.04 Å². The lowest BCUT2D eigenvalue weighted by molar-refractivity contribution is 0.216. The molecule has 1 unspecified atom stereocenters. The predicted octanol–water partition coefficient (Wildman–Crippen LogP) is 1.65. The fourth-order valence-electron chi connectivity index (χ4n) is 1.94. The number of nitrogens with one attached hydrogen (secondary N) is 1. The number of hydrogen-bond acceptors (Lipinski definition) is 3. The Morgan fingerprint density at radius 2 is 1.69 bits per heavy atom. The van der Waals surface area contributed by atoms with E-state index in [1.807, 2.05) is 0 Å². The van der Waals surface area contributed by atoms with E-state index in [4.69, 9.17) is 0 Å². The first-order valence-electron chi connectivity index (χ1n) is 6.68. The summed E-state index contributed by atoms with van der Waals surface area (Å²) in [7, 11) is 6.37. The largest absolute Gasteiger partial charge is 0.316 e. The maximum absolute atomic E-state index is 3.42. The first-order valence-corrected chi connectivity index (χ1v) is 6.68. The SMILES string of the molecule is CCCC(CN(CCC)CCN(C)C)NC. The molecular formula is C13H31N3. The van der Waals surface area contributed by atoms with Gasteiger partial charge >= 0.3 is 0 Å². The molecule has 1 N–H and O–H groups in total. The molecule has 16 heavy (non-hydrogen) atoms. The Morgan fingerprint density at radius 1 is 1.00 bits per heavy atom. The molecule has 0 rings (SSSR count). The van der Waals surface area contributed by atoms with Crippen molar-refractivity contribution in [3.63, 3.8) is 0 Å². The van der Waals surface area contributed by atoms with Crippen LogP contribution in [0.5, 0.6) is 0 Å². The molecule has 0 aromatic carbocycles. The second-order valence-corrected chi connectivity index (χ2v) is 4.88. The highest BCUT2D eigenvalue weighted by molar-refractivity contribution is 4.70. The molecule has 0 amide bonds. The average molecular weight is 229 g/mol. The first kappa shape index (κ1) is 15.9. The normalized spacial score (nSPS) is 13.7. The van der Waals surface area contributed by atoms with Crippen molar-refractivity contribution in [2.24, 2.45) is 0 Å². The summed E-state index contributed by atoms with van der Waals surface area (Å²) < 4.78 is 0. The summed E-state index contributed by atoms with van der Waals surface area (Å²) in [5, 5.41) is 3.42. The molecule has 0 bridgehead atoms. The minimum Gasteiger partial charge on any atom is -0.316 e. The number of hydrogen-bond donors (Lipinski definition) is 1. The molecule has 0 saturated carbocycles. The molecule has 0 spiro atoms. The molecule has 0 aliphatic carbocycles. The Balaban J connectivity index is 3.97. The Labute approximate surface area is 102 Å². The van der Waals surface area contributed by atoms with Crippen LogP contribution in [0.3, 0.4) is 0 Å². The zero-order valence-corrected chi connectivity index (χ0v) is 11.9.